The molecule has 2 N–H and O–H groups in total. The van der Waals surface area contributed by atoms with Crippen LogP contribution in [-0.4, -0.2) is 6.04 Å². The van der Waals surface area contributed by atoms with Crippen LogP contribution in [0.4, 0.5) is 0 Å². The number of benzene rings is 1. The predicted molar refractivity (Wildman–Crippen MR) is 61.3 cm³/mol. The minimum Gasteiger partial charge on any atom is -0.449 e. The first kappa shape index (κ1) is 9.74. The zero-order valence-corrected chi connectivity index (χ0v) is 9.54. The molecule has 14 heavy (non-hydrogen) atoms. The quantitative estimate of drug-likeness (QED) is 0.894. The summed E-state index contributed by atoms with van der Waals surface area (Å²) in [6, 6.07) is 8.25. The Bertz CT molecular complexity index is 447. The molecule has 0 spiro atoms. The minimum atomic E-state index is 0.157. The maximum absolute atomic E-state index is 5.77. The summed E-state index contributed by atoms with van der Waals surface area (Å²) in [7, 11) is 0. The van der Waals surface area contributed by atoms with Gasteiger partial charge in [-0.05, 0) is 40.9 Å². The van der Waals surface area contributed by atoms with Crippen molar-refractivity contribution in [3.63, 3.8) is 0 Å². The second-order valence-corrected chi connectivity index (χ2v) is 4.35. The van der Waals surface area contributed by atoms with E-state index in [1.54, 1.807) is 0 Å². The molecule has 0 bridgehead atoms. The third-order valence-corrected chi connectivity index (χ3v) is 2.53. The lowest BCUT2D eigenvalue weighted by atomic mass is 10.1. The van der Waals surface area contributed by atoms with E-state index in [0.717, 1.165) is 22.1 Å². The first-order chi connectivity index (χ1) is 6.66. The Balaban J connectivity index is 2.53. The van der Waals surface area contributed by atoms with Crippen molar-refractivity contribution in [2.45, 2.75) is 19.4 Å². The number of nitrogens with two attached hydrogens (primary N) is 1. The number of fused-ring (bicyclic) bond motifs is 1. The van der Waals surface area contributed by atoms with Gasteiger partial charge in [-0.3, -0.25) is 0 Å². The lowest BCUT2D eigenvalue weighted by molar-refractivity contribution is 0.580. The van der Waals surface area contributed by atoms with Gasteiger partial charge in [-0.2, -0.15) is 0 Å². The van der Waals surface area contributed by atoms with E-state index in [1.807, 2.05) is 25.1 Å². The summed E-state index contributed by atoms with van der Waals surface area (Å²) in [6.45, 7) is 2.00. The van der Waals surface area contributed by atoms with Gasteiger partial charge < -0.3 is 10.2 Å². The van der Waals surface area contributed by atoms with Crippen molar-refractivity contribution >= 4 is 26.9 Å². The van der Waals surface area contributed by atoms with Gasteiger partial charge in [0.05, 0.1) is 0 Å². The van der Waals surface area contributed by atoms with E-state index in [4.69, 9.17) is 10.2 Å². The van der Waals surface area contributed by atoms with Crippen molar-refractivity contribution in [3.8, 4) is 0 Å². The van der Waals surface area contributed by atoms with Gasteiger partial charge >= 0.3 is 0 Å². The van der Waals surface area contributed by atoms with E-state index in [-0.39, 0.29) is 6.04 Å². The molecule has 1 unspecified atom stereocenters. The molecule has 0 fully saturated rings. The summed E-state index contributed by atoms with van der Waals surface area (Å²) < 4.78 is 6.33. The molecule has 74 valence electrons. The highest BCUT2D eigenvalue weighted by Crippen LogP contribution is 2.26. The molecule has 1 heterocycles. The molecular formula is C11H12BrNO. The predicted octanol–water partition coefficient (Wildman–Crippen LogP) is 3.09. The smallest absolute Gasteiger partial charge is 0.170 e. The van der Waals surface area contributed by atoms with Gasteiger partial charge in [0.1, 0.15) is 5.58 Å². The molecule has 1 aromatic carbocycles. The van der Waals surface area contributed by atoms with Gasteiger partial charge in [-0.25, -0.2) is 0 Å². The van der Waals surface area contributed by atoms with Crippen molar-refractivity contribution in [1.29, 1.82) is 0 Å². The van der Waals surface area contributed by atoms with Crippen LogP contribution < -0.4 is 5.73 Å². The van der Waals surface area contributed by atoms with Crippen LogP contribution in [0.1, 0.15) is 12.5 Å². The Morgan fingerprint density at radius 3 is 3.00 bits per heavy atom. The van der Waals surface area contributed by atoms with E-state index in [9.17, 15) is 0 Å². The second-order valence-electron chi connectivity index (χ2n) is 3.57. The fourth-order valence-corrected chi connectivity index (χ4v) is 2.01. The van der Waals surface area contributed by atoms with Crippen LogP contribution in [0.15, 0.2) is 33.4 Å². The van der Waals surface area contributed by atoms with Crippen LogP contribution in [0.2, 0.25) is 0 Å². The van der Waals surface area contributed by atoms with Gasteiger partial charge in [-0.15, -0.1) is 0 Å². The Morgan fingerprint density at radius 2 is 2.29 bits per heavy atom. The Kier molecular flexibility index (Phi) is 2.61. The summed E-state index contributed by atoms with van der Waals surface area (Å²) in [5.41, 5.74) is 7.88. The minimum absolute atomic E-state index is 0.157. The highest BCUT2D eigenvalue weighted by Gasteiger charge is 2.07. The van der Waals surface area contributed by atoms with Crippen molar-refractivity contribution in [3.05, 3.63) is 34.5 Å². The number of hydrogen-bond acceptors (Lipinski definition) is 2. The number of furan rings is 1. The summed E-state index contributed by atoms with van der Waals surface area (Å²) in [4.78, 5) is 0. The molecular weight excluding hydrogens is 242 g/mol. The van der Waals surface area contributed by atoms with E-state index in [1.165, 1.54) is 5.56 Å². The van der Waals surface area contributed by atoms with Gasteiger partial charge in [0, 0.05) is 11.4 Å². The Hall–Kier alpha value is -0.800. The normalized spacial score (nSPS) is 13.4. The number of rotatable bonds is 2. The van der Waals surface area contributed by atoms with Crippen LogP contribution in [-0.2, 0) is 6.42 Å². The third-order valence-electron chi connectivity index (χ3n) is 2.14. The van der Waals surface area contributed by atoms with Crippen molar-refractivity contribution in [1.82, 2.24) is 0 Å². The molecule has 0 radical (unpaired) electrons. The molecule has 0 aliphatic carbocycles. The van der Waals surface area contributed by atoms with Crippen LogP contribution in [0.3, 0.4) is 0 Å². The molecule has 2 aromatic rings. The molecule has 0 aliphatic heterocycles. The summed E-state index contributed by atoms with van der Waals surface area (Å²) >= 11 is 3.33. The molecule has 0 aliphatic rings. The van der Waals surface area contributed by atoms with E-state index >= 15 is 0 Å². The fourth-order valence-electron chi connectivity index (χ4n) is 1.60. The van der Waals surface area contributed by atoms with Crippen LogP contribution in [0.25, 0.3) is 11.0 Å². The van der Waals surface area contributed by atoms with E-state index in [0.29, 0.717) is 0 Å². The monoisotopic (exact) mass is 253 g/mol. The largest absolute Gasteiger partial charge is 0.449 e. The highest BCUT2D eigenvalue weighted by molar-refractivity contribution is 9.10. The molecule has 0 amide bonds. The lowest BCUT2D eigenvalue weighted by Gasteiger charge is -2.04. The average Bonchev–Trinajstić information content (AvgIpc) is 2.45. The Morgan fingerprint density at radius 1 is 1.50 bits per heavy atom. The topological polar surface area (TPSA) is 39.2 Å². The summed E-state index contributed by atoms with van der Waals surface area (Å²) in [5.74, 6) is 0. The fraction of sp³-hybridized carbons (Fsp3) is 0.273. The zero-order chi connectivity index (χ0) is 10.1. The van der Waals surface area contributed by atoms with Crippen molar-refractivity contribution in [2.24, 2.45) is 5.73 Å². The van der Waals surface area contributed by atoms with Gasteiger partial charge in [0.15, 0.2) is 4.67 Å². The Labute approximate surface area is 91.2 Å². The number of hydrogen-bond donors (Lipinski definition) is 1. The van der Waals surface area contributed by atoms with Crippen molar-refractivity contribution in [2.75, 3.05) is 0 Å². The van der Waals surface area contributed by atoms with Crippen LogP contribution in [0.5, 0.6) is 0 Å². The van der Waals surface area contributed by atoms with E-state index < -0.39 is 0 Å². The molecule has 2 nitrogen and oxygen atoms in total. The van der Waals surface area contributed by atoms with Crippen LogP contribution >= 0.6 is 15.9 Å². The number of halogens is 1. The first-order valence-electron chi connectivity index (χ1n) is 4.59. The molecule has 1 atom stereocenters. The highest BCUT2D eigenvalue weighted by atomic mass is 79.9. The summed E-state index contributed by atoms with van der Waals surface area (Å²) in [5, 5.41) is 1.12. The average molecular weight is 254 g/mol. The maximum atomic E-state index is 5.77. The zero-order valence-electron chi connectivity index (χ0n) is 7.96. The van der Waals surface area contributed by atoms with Crippen molar-refractivity contribution < 1.29 is 4.42 Å². The molecule has 2 rings (SSSR count). The summed E-state index contributed by atoms with van der Waals surface area (Å²) in [6.07, 6.45) is 0.845. The molecule has 0 saturated carbocycles. The SMILES string of the molecule is CC(N)Cc1cccc2cc(Br)oc12. The molecule has 0 saturated heterocycles. The van der Waals surface area contributed by atoms with Gasteiger partial charge in [0.25, 0.3) is 0 Å². The third kappa shape index (κ3) is 1.83. The van der Waals surface area contributed by atoms with E-state index in [2.05, 4.69) is 22.0 Å². The van der Waals surface area contributed by atoms with Gasteiger partial charge in [-0.1, -0.05) is 18.2 Å². The maximum Gasteiger partial charge on any atom is 0.170 e. The standard InChI is InChI=1S/C11H12BrNO/c1-7(13)5-8-3-2-4-9-6-10(12)14-11(8)9/h2-4,6-7H,5,13H2,1H3. The van der Waals surface area contributed by atoms with Crippen LogP contribution in [0, 0.1) is 0 Å². The molecule has 1 aromatic heterocycles. The lowest BCUT2D eigenvalue weighted by Crippen LogP contribution is -2.17. The first-order valence-corrected chi connectivity index (χ1v) is 5.38. The number of para-hydroxylation sites is 1. The second kappa shape index (κ2) is 3.75. The van der Waals surface area contributed by atoms with Gasteiger partial charge in [0.2, 0.25) is 0 Å². The molecule has 3 heteroatoms.